The van der Waals surface area contributed by atoms with Gasteiger partial charge in [0.15, 0.2) is 5.54 Å². The van der Waals surface area contributed by atoms with E-state index in [1.165, 1.54) is 55.0 Å². The lowest BCUT2D eigenvalue weighted by Crippen LogP contribution is -2.53. The molecule has 6 heterocycles. The number of nitrogens with zero attached hydrogens (tertiary/aromatic N) is 5. The van der Waals surface area contributed by atoms with Crippen molar-refractivity contribution in [3.63, 3.8) is 0 Å². The van der Waals surface area contributed by atoms with Crippen molar-refractivity contribution in [1.29, 1.82) is 0 Å². The number of piperidine rings is 1. The highest BCUT2D eigenvalue weighted by Gasteiger charge is 2.78. The zero-order chi connectivity index (χ0) is 26.2. The van der Waals surface area contributed by atoms with E-state index in [-0.39, 0.29) is 5.91 Å². The van der Waals surface area contributed by atoms with Gasteiger partial charge in [0.05, 0.1) is 6.54 Å². The number of benzene rings is 1. The molecule has 4 saturated heterocycles. The van der Waals surface area contributed by atoms with E-state index in [0.717, 1.165) is 37.1 Å². The van der Waals surface area contributed by atoms with Gasteiger partial charge in [-0.3, -0.25) is 14.5 Å². The SMILES string of the molecule is CCC(=O)N1C[C@H](CN2[C@@H]3CC[C@H]2CC2(C3)C[N+]23C(C)=NC2=C3CCN(C(C)=O)C2)[C@@H](c2ccccc2)C1. The number of amides is 2. The second-order valence-corrected chi connectivity index (χ2v) is 12.9. The number of hydrogen-bond donors (Lipinski definition) is 0. The van der Waals surface area contributed by atoms with Crippen LogP contribution in [0.15, 0.2) is 46.7 Å². The van der Waals surface area contributed by atoms with E-state index in [1.54, 1.807) is 6.92 Å². The summed E-state index contributed by atoms with van der Waals surface area (Å²) in [5.74, 6) is 2.64. The topological polar surface area (TPSA) is 56.2 Å². The highest BCUT2D eigenvalue weighted by atomic mass is 16.2. The Labute approximate surface area is 226 Å². The van der Waals surface area contributed by atoms with E-state index in [2.05, 4.69) is 47.1 Å². The molecule has 0 aromatic heterocycles. The Morgan fingerprint density at radius 1 is 1.08 bits per heavy atom. The molecule has 6 aliphatic rings. The first-order valence-corrected chi connectivity index (χ1v) is 14.9. The van der Waals surface area contributed by atoms with Crippen molar-refractivity contribution >= 4 is 17.6 Å². The molecule has 0 saturated carbocycles. The van der Waals surface area contributed by atoms with E-state index in [4.69, 9.17) is 4.99 Å². The zero-order valence-corrected chi connectivity index (χ0v) is 23.2. The largest absolute Gasteiger partial charge is 0.342 e. The Kier molecular flexibility index (Phi) is 5.65. The Morgan fingerprint density at radius 2 is 1.82 bits per heavy atom. The van der Waals surface area contributed by atoms with Gasteiger partial charge in [-0.1, -0.05) is 37.3 Å². The highest BCUT2D eigenvalue weighted by Crippen LogP contribution is 2.62. The van der Waals surface area contributed by atoms with Crippen molar-refractivity contribution < 1.29 is 14.1 Å². The monoisotopic (exact) mass is 516 g/mol. The van der Waals surface area contributed by atoms with Gasteiger partial charge in [0, 0.05) is 83.7 Å². The molecule has 202 valence electrons. The molecule has 6 aliphatic heterocycles. The molecule has 7 nitrogen and oxygen atoms in total. The van der Waals surface area contributed by atoms with Crippen molar-refractivity contribution in [2.75, 3.05) is 39.3 Å². The van der Waals surface area contributed by atoms with E-state index < -0.39 is 0 Å². The van der Waals surface area contributed by atoms with Crippen LogP contribution in [0.4, 0.5) is 0 Å². The smallest absolute Gasteiger partial charge is 0.222 e. The van der Waals surface area contributed by atoms with Crippen LogP contribution in [0, 0.1) is 5.92 Å². The first-order chi connectivity index (χ1) is 18.3. The minimum Gasteiger partial charge on any atom is -0.342 e. The predicted octanol–water partition coefficient (Wildman–Crippen LogP) is 3.73. The molecule has 1 aromatic carbocycles. The molecule has 0 radical (unpaired) electrons. The van der Waals surface area contributed by atoms with Gasteiger partial charge >= 0.3 is 0 Å². The Bertz CT molecular complexity index is 1210. The third-order valence-corrected chi connectivity index (χ3v) is 11.1. The second kappa shape index (κ2) is 8.75. The summed E-state index contributed by atoms with van der Waals surface area (Å²) in [4.78, 5) is 36.7. The molecular weight excluding hydrogens is 474 g/mol. The maximum atomic E-state index is 12.7. The molecule has 2 bridgehead atoms. The summed E-state index contributed by atoms with van der Waals surface area (Å²) in [7, 11) is 0. The summed E-state index contributed by atoms with van der Waals surface area (Å²) in [5, 5.41) is 0. The fourth-order valence-electron chi connectivity index (χ4n) is 9.22. The standard InChI is InChI=1S/C31H42N5O2/c1-4-30(38)34-16-24(27(18-34)23-8-6-5-7-9-23)17-35-25-10-11-26(35)15-31(14-25)20-36(31)21(2)32-28-19-33(22(3)37)13-12-29(28)36/h5-9,24-27H,4,10-20H2,1-3H3/q+1/t24-,25-,26+,27-,31?,36?/m1/s1. The van der Waals surface area contributed by atoms with E-state index in [9.17, 15) is 9.59 Å². The Hall–Kier alpha value is -2.51. The van der Waals surface area contributed by atoms with Crippen LogP contribution in [-0.4, -0.2) is 93.7 Å². The number of amidine groups is 1. The third kappa shape index (κ3) is 3.50. The fraction of sp³-hybridized carbons (Fsp3) is 0.645. The lowest BCUT2D eigenvalue weighted by molar-refractivity contribution is -0.694. The van der Waals surface area contributed by atoms with Gasteiger partial charge in [-0.2, -0.15) is 4.99 Å². The van der Waals surface area contributed by atoms with Gasteiger partial charge in [-0.25, -0.2) is 4.48 Å². The van der Waals surface area contributed by atoms with Crippen LogP contribution in [0.25, 0.3) is 0 Å². The molecule has 7 heteroatoms. The molecule has 2 unspecified atom stereocenters. The van der Waals surface area contributed by atoms with Crippen LogP contribution in [0.3, 0.4) is 0 Å². The van der Waals surface area contributed by atoms with E-state index in [0.29, 0.717) is 48.3 Å². The van der Waals surface area contributed by atoms with Gasteiger partial charge < -0.3 is 9.80 Å². The number of quaternary nitrogens is 1. The van der Waals surface area contributed by atoms with Gasteiger partial charge in [0.25, 0.3) is 0 Å². The zero-order valence-electron chi connectivity index (χ0n) is 23.2. The van der Waals surface area contributed by atoms with Gasteiger partial charge in [0.2, 0.25) is 17.6 Å². The molecule has 7 rings (SSSR count). The number of rotatable bonds is 4. The Balaban J connectivity index is 1.10. The number of carbonyl (C=O) groups is 2. The van der Waals surface area contributed by atoms with Crippen LogP contribution in [0.2, 0.25) is 0 Å². The normalized spacial score (nSPS) is 37.8. The number of fused-ring (bicyclic) bond motifs is 4. The minimum atomic E-state index is 0.162. The first-order valence-electron chi connectivity index (χ1n) is 14.9. The maximum absolute atomic E-state index is 12.7. The molecule has 0 aliphatic carbocycles. The predicted molar refractivity (Wildman–Crippen MR) is 147 cm³/mol. The van der Waals surface area contributed by atoms with Gasteiger partial charge in [-0.05, 0) is 24.3 Å². The summed E-state index contributed by atoms with van der Waals surface area (Å²) >= 11 is 0. The fourth-order valence-corrected chi connectivity index (χ4v) is 9.22. The summed E-state index contributed by atoms with van der Waals surface area (Å²) in [5.41, 5.74) is 4.38. The molecule has 1 aromatic rings. The third-order valence-electron chi connectivity index (χ3n) is 11.1. The lowest BCUT2D eigenvalue weighted by atomic mass is 9.85. The molecule has 0 N–H and O–H groups in total. The van der Waals surface area contributed by atoms with Crippen LogP contribution < -0.4 is 0 Å². The number of hydrogen-bond acceptors (Lipinski definition) is 4. The highest BCUT2D eigenvalue weighted by molar-refractivity contribution is 5.81. The quantitative estimate of drug-likeness (QED) is 0.453. The second-order valence-electron chi connectivity index (χ2n) is 12.9. The summed E-state index contributed by atoms with van der Waals surface area (Å²) in [6, 6.07) is 12.2. The van der Waals surface area contributed by atoms with Crippen LogP contribution >= 0.6 is 0 Å². The van der Waals surface area contributed by atoms with Gasteiger partial charge in [-0.15, -0.1) is 0 Å². The first kappa shape index (κ1) is 24.5. The number of carbonyl (C=O) groups excluding carboxylic acids is 2. The maximum Gasteiger partial charge on any atom is 0.222 e. The molecule has 2 spiro atoms. The van der Waals surface area contributed by atoms with Crippen LogP contribution in [0.5, 0.6) is 0 Å². The molecule has 2 amide bonds. The van der Waals surface area contributed by atoms with Crippen molar-refractivity contribution in [2.45, 2.75) is 82.8 Å². The average Bonchev–Trinajstić information content (AvgIpc) is 3.11. The number of likely N-dealkylation sites (tertiary alicyclic amines) is 1. The minimum absolute atomic E-state index is 0.162. The average molecular weight is 517 g/mol. The molecule has 38 heavy (non-hydrogen) atoms. The van der Waals surface area contributed by atoms with Crippen LogP contribution in [0.1, 0.15) is 70.8 Å². The molecular formula is C31H42N5O2+. The number of aliphatic imine (C=N–C) groups is 1. The van der Waals surface area contributed by atoms with E-state index in [1.807, 2.05) is 11.8 Å². The van der Waals surface area contributed by atoms with E-state index >= 15 is 0 Å². The summed E-state index contributed by atoms with van der Waals surface area (Å²) in [6.45, 7) is 11.5. The van der Waals surface area contributed by atoms with Crippen molar-refractivity contribution in [2.24, 2.45) is 10.9 Å². The molecule has 6 atom stereocenters. The van der Waals surface area contributed by atoms with Crippen LogP contribution in [-0.2, 0) is 9.59 Å². The van der Waals surface area contributed by atoms with Crippen molar-refractivity contribution in [3.8, 4) is 0 Å². The van der Waals surface area contributed by atoms with Crippen molar-refractivity contribution in [3.05, 3.63) is 47.3 Å². The lowest BCUT2D eigenvalue weighted by Gasteiger charge is -2.41. The van der Waals surface area contributed by atoms with Crippen molar-refractivity contribution in [1.82, 2.24) is 14.7 Å². The summed E-state index contributed by atoms with van der Waals surface area (Å²) < 4.78 is 1.02. The van der Waals surface area contributed by atoms with Gasteiger partial charge in [0.1, 0.15) is 17.9 Å². The Morgan fingerprint density at radius 3 is 2.50 bits per heavy atom. The summed E-state index contributed by atoms with van der Waals surface area (Å²) in [6.07, 6.45) is 6.67. The molecule has 4 fully saturated rings.